The van der Waals surface area contributed by atoms with Crippen molar-refractivity contribution in [3.63, 3.8) is 0 Å². The second-order valence-electron chi connectivity index (χ2n) is 6.08. The lowest BCUT2D eigenvalue weighted by atomic mass is 10.2. The quantitative estimate of drug-likeness (QED) is 0.691. The zero-order chi connectivity index (χ0) is 19.2. The number of amides is 1. The number of carbonyl (C=O) groups is 1. The van der Waals surface area contributed by atoms with Gasteiger partial charge in [-0.15, -0.1) is 0 Å². The molecule has 2 aromatic rings. The first-order valence-corrected chi connectivity index (χ1v) is 9.85. The largest absolute Gasteiger partial charge is 0.379 e. The van der Waals surface area contributed by atoms with Gasteiger partial charge in [0.15, 0.2) is 0 Å². The van der Waals surface area contributed by atoms with E-state index in [4.69, 9.17) is 4.18 Å². The Labute approximate surface area is 154 Å². The lowest BCUT2D eigenvalue weighted by molar-refractivity contribution is -0.114. The smallest absolute Gasteiger partial charge is 0.339 e. The first kappa shape index (κ1) is 19.9. The Kier molecular flexibility index (Phi) is 6.76. The third kappa shape index (κ3) is 5.86. The second-order valence-corrected chi connectivity index (χ2v) is 7.62. The van der Waals surface area contributed by atoms with Gasteiger partial charge >= 0.3 is 10.1 Å². The number of hydrogen-bond donors (Lipinski definition) is 2. The number of nitrogens with one attached hydrogen (secondary N) is 2. The van der Waals surface area contributed by atoms with Gasteiger partial charge < -0.3 is 14.8 Å². The van der Waals surface area contributed by atoms with E-state index in [0.717, 1.165) is 12.0 Å². The van der Waals surface area contributed by atoms with Gasteiger partial charge in [-0.25, -0.2) is 0 Å². The summed E-state index contributed by atoms with van der Waals surface area (Å²) in [5.41, 5.74) is 1.57. The van der Waals surface area contributed by atoms with E-state index in [1.165, 1.54) is 31.2 Å². The van der Waals surface area contributed by atoms with Crippen molar-refractivity contribution in [2.24, 2.45) is 0 Å². The molecular formula is C19H24N2O4S. The number of rotatable bonds is 8. The molecule has 2 aromatic carbocycles. The monoisotopic (exact) mass is 376 g/mol. The summed E-state index contributed by atoms with van der Waals surface area (Å²) < 4.78 is 29.9. The maximum Gasteiger partial charge on any atom is 0.339 e. The Morgan fingerprint density at radius 1 is 1.08 bits per heavy atom. The van der Waals surface area contributed by atoms with E-state index in [2.05, 4.69) is 24.5 Å². The van der Waals surface area contributed by atoms with Crippen LogP contribution in [0.4, 0.5) is 5.69 Å². The zero-order valence-electron chi connectivity index (χ0n) is 15.2. The average Bonchev–Trinajstić information content (AvgIpc) is 2.60. The molecule has 140 valence electrons. The molecule has 0 aliphatic rings. The van der Waals surface area contributed by atoms with Crippen molar-refractivity contribution in [3.8, 4) is 5.75 Å². The molecule has 0 heterocycles. The van der Waals surface area contributed by atoms with Crippen LogP contribution < -0.4 is 14.8 Å². The molecule has 0 radical (unpaired) electrons. The highest BCUT2D eigenvalue weighted by Gasteiger charge is 2.16. The van der Waals surface area contributed by atoms with Crippen LogP contribution >= 0.6 is 0 Å². The average molecular weight is 376 g/mol. The van der Waals surface area contributed by atoms with Crippen molar-refractivity contribution in [3.05, 3.63) is 54.1 Å². The topological polar surface area (TPSA) is 84.5 Å². The Balaban J connectivity index is 2.03. The van der Waals surface area contributed by atoms with Gasteiger partial charge in [-0.3, -0.25) is 4.79 Å². The summed E-state index contributed by atoms with van der Waals surface area (Å²) in [7, 11) is -3.93. The maximum absolute atomic E-state index is 12.4. The highest BCUT2D eigenvalue weighted by Crippen LogP contribution is 2.21. The minimum atomic E-state index is -3.93. The van der Waals surface area contributed by atoms with Gasteiger partial charge in [0.1, 0.15) is 10.6 Å². The maximum atomic E-state index is 12.4. The summed E-state index contributed by atoms with van der Waals surface area (Å²) in [5, 5.41) is 5.95. The number of benzene rings is 2. The third-order valence-electron chi connectivity index (χ3n) is 3.86. The Morgan fingerprint density at radius 2 is 1.69 bits per heavy atom. The van der Waals surface area contributed by atoms with Crippen molar-refractivity contribution in [1.29, 1.82) is 0 Å². The summed E-state index contributed by atoms with van der Waals surface area (Å²) in [4.78, 5) is 11.0. The first-order valence-electron chi connectivity index (χ1n) is 8.44. The molecule has 0 saturated heterocycles. The van der Waals surface area contributed by atoms with Crippen LogP contribution in [-0.4, -0.2) is 20.4 Å². The molecule has 1 amide bonds. The number of carbonyl (C=O) groups excluding carboxylic acids is 1. The van der Waals surface area contributed by atoms with Crippen LogP contribution in [-0.2, 0) is 21.5 Å². The normalized spacial score (nSPS) is 12.4. The van der Waals surface area contributed by atoms with Crippen molar-refractivity contribution in [2.45, 2.75) is 44.7 Å². The van der Waals surface area contributed by atoms with Crippen molar-refractivity contribution in [1.82, 2.24) is 5.32 Å². The molecule has 0 bridgehead atoms. The van der Waals surface area contributed by atoms with Crippen molar-refractivity contribution < 1.29 is 17.4 Å². The van der Waals surface area contributed by atoms with Gasteiger partial charge in [0.25, 0.3) is 0 Å². The summed E-state index contributed by atoms with van der Waals surface area (Å²) in [6.07, 6.45) is 1.04. The molecule has 2 N–H and O–H groups in total. The predicted molar refractivity (Wildman–Crippen MR) is 102 cm³/mol. The van der Waals surface area contributed by atoms with E-state index in [9.17, 15) is 13.2 Å². The van der Waals surface area contributed by atoms with Crippen LogP contribution in [0.2, 0.25) is 0 Å². The van der Waals surface area contributed by atoms with Gasteiger partial charge in [0.2, 0.25) is 5.91 Å². The highest BCUT2D eigenvalue weighted by molar-refractivity contribution is 7.87. The van der Waals surface area contributed by atoms with E-state index in [1.807, 2.05) is 12.1 Å². The molecule has 0 aliphatic carbocycles. The third-order valence-corrected chi connectivity index (χ3v) is 5.12. The van der Waals surface area contributed by atoms with E-state index in [1.54, 1.807) is 12.1 Å². The molecule has 1 atom stereocenters. The molecule has 0 saturated carbocycles. The second kappa shape index (κ2) is 8.82. The fraction of sp³-hybridized carbons (Fsp3) is 0.316. The van der Waals surface area contributed by atoms with Crippen LogP contribution in [0.5, 0.6) is 5.75 Å². The lowest BCUT2D eigenvalue weighted by Crippen LogP contribution is -2.24. The van der Waals surface area contributed by atoms with Crippen LogP contribution in [0, 0.1) is 0 Å². The molecular weight excluding hydrogens is 352 g/mol. The molecule has 0 fully saturated rings. The van der Waals surface area contributed by atoms with Crippen LogP contribution in [0.1, 0.15) is 32.8 Å². The predicted octanol–water partition coefficient (Wildman–Crippen LogP) is 3.30. The molecule has 7 heteroatoms. The van der Waals surface area contributed by atoms with Crippen molar-refractivity contribution in [2.75, 3.05) is 5.32 Å². The van der Waals surface area contributed by atoms with E-state index in [0.29, 0.717) is 18.3 Å². The summed E-state index contributed by atoms with van der Waals surface area (Å²) in [6.45, 7) is 6.33. The zero-order valence-corrected chi connectivity index (χ0v) is 16.0. The molecule has 0 aromatic heterocycles. The summed E-state index contributed by atoms with van der Waals surface area (Å²) >= 11 is 0. The Bertz CT molecular complexity index is 831. The highest BCUT2D eigenvalue weighted by atomic mass is 32.2. The lowest BCUT2D eigenvalue weighted by Gasteiger charge is -2.12. The molecule has 0 spiro atoms. The van der Waals surface area contributed by atoms with Crippen LogP contribution in [0.3, 0.4) is 0 Å². The minimum Gasteiger partial charge on any atom is -0.379 e. The Hall–Kier alpha value is -2.38. The van der Waals surface area contributed by atoms with Gasteiger partial charge in [-0.05, 0) is 55.3 Å². The van der Waals surface area contributed by atoms with E-state index < -0.39 is 10.1 Å². The molecule has 2 rings (SSSR count). The fourth-order valence-corrected chi connectivity index (χ4v) is 3.11. The standard InChI is InChI=1S/C19H24N2O4S/c1-4-14(2)20-13-16-5-9-18(10-6-16)25-26(23,24)19-11-7-17(8-12-19)21-15(3)22/h5-12,14,20H,4,13H2,1-3H3,(H,21,22). The summed E-state index contributed by atoms with van der Waals surface area (Å²) in [5.74, 6) is 0.0306. The Morgan fingerprint density at radius 3 is 2.23 bits per heavy atom. The summed E-state index contributed by atoms with van der Waals surface area (Å²) in [6, 6.07) is 13.2. The fourth-order valence-electron chi connectivity index (χ4n) is 2.18. The SMILES string of the molecule is CCC(C)NCc1ccc(OS(=O)(=O)c2ccc(NC(C)=O)cc2)cc1. The number of anilines is 1. The van der Waals surface area contributed by atoms with Gasteiger partial charge in [0, 0.05) is 25.2 Å². The van der Waals surface area contributed by atoms with E-state index in [-0.39, 0.29) is 16.6 Å². The molecule has 1 unspecified atom stereocenters. The van der Waals surface area contributed by atoms with Crippen LogP contribution in [0.15, 0.2) is 53.4 Å². The van der Waals surface area contributed by atoms with Crippen LogP contribution in [0.25, 0.3) is 0 Å². The van der Waals surface area contributed by atoms with E-state index >= 15 is 0 Å². The molecule has 6 nitrogen and oxygen atoms in total. The minimum absolute atomic E-state index is 0.0223. The van der Waals surface area contributed by atoms with Crippen molar-refractivity contribution >= 4 is 21.7 Å². The first-order chi connectivity index (χ1) is 12.3. The number of hydrogen-bond acceptors (Lipinski definition) is 5. The molecule has 26 heavy (non-hydrogen) atoms. The van der Waals surface area contributed by atoms with Gasteiger partial charge in [-0.2, -0.15) is 8.42 Å². The molecule has 0 aliphatic heterocycles. The van der Waals surface area contributed by atoms with Gasteiger partial charge in [0.05, 0.1) is 0 Å². The van der Waals surface area contributed by atoms with Gasteiger partial charge in [-0.1, -0.05) is 19.1 Å².